The Labute approximate surface area is 255 Å². The van der Waals surface area contributed by atoms with E-state index in [0.29, 0.717) is 33.0 Å². The van der Waals surface area contributed by atoms with Crippen molar-refractivity contribution < 1.29 is 37.7 Å². The Balaban J connectivity index is -0.00000106. The predicted octanol–water partition coefficient (Wildman–Crippen LogP) is 7.60. The van der Waals surface area contributed by atoms with Crippen LogP contribution in [0.4, 0.5) is 0 Å². The number of hydrogen-bond donors (Lipinski definition) is 6. The predicted molar refractivity (Wildman–Crippen MR) is 172 cm³/mol. The van der Waals surface area contributed by atoms with Gasteiger partial charge in [0.1, 0.15) is 0 Å². The van der Waals surface area contributed by atoms with Crippen LogP contribution in [0.5, 0.6) is 0 Å². The summed E-state index contributed by atoms with van der Waals surface area (Å²) in [5.74, 6) is 0. The van der Waals surface area contributed by atoms with Gasteiger partial charge in [-0.2, -0.15) is 4.21 Å². The molecule has 0 heterocycles. The van der Waals surface area contributed by atoms with Crippen LogP contribution in [-0.2, 0) is 25.6 Å². The fourth-order valence-corrected chi connectivity index (χ4v) is 4.51. The molecule has 41 heavy (non-hydrogen) atoms. The molecule has 1 atom stereocenters. The number of aliphatic hydroxyl groups excluding tert-OH is 1. The zero-order valence-corrected chi connectivity index (χ0v) is 27.8. The van der Waals surface area contributed by atoms with E-state index in [-0.39, 0.29) is 25.0 Å². The lowest BCUT2D eigenvalue weighted by Gasteiger charge is -2.29. The van der Waals surface area contributed by atoms with Crippen LogP contribution in [0.15, 0.2) is 0 Å². The third kappa shape index (κ3) is 44.4. The third-order valence-corrected chi connectivity index (χ3v) is 6.76. The van der Waals surface area contributed by atoms with Crippen molar-refractivity contribution >= 4 is 11.4 Å². The van der Waals surface area contributed by atoms with Crippen LogP contribution in [0.3, 0.4) is 0 Å². The molecular formula is C30H70N2O8S. The highest BCUT2D eigenvalue weighted by Crippen LogP contribution is 2.20. The number of ether oxygens (including phenoxy) is 3. The van der Waals surface area contributed by atoms with E-state index in [1.54, 1.807) is 0 Å². The van der Waals surface area contributed by atoms with Crippen molar-refractivity contribution in [2.24, 2.45) is 0 Å². The molecule has 10 nitrogen and oxygen atoms in total. The van der Waals surface area contributed by atoms with E-state index in [0.717, 1.165) is 12.8 Å². The quantitative estimate of drug-likeness (QED) is 0.0358. The summed E-state index contributed by atoms with van der Waals surface area (Å²) >= 11 is -2.61. The molecule has 0 radical (unpaired) electrons. The fraction of sp³-hybridized carbons (Fsp3) is 1.00. The van der Waals surface area contributed by atoms with E-state index in [4.69, 9.17) is 32.6 Å². The minimum Gasteiger partial charge on any atom is -0.394 e. The van der Waals surface area contributed by atoms with Crippen molar-refractivity contribution in [2.75, 3.05) is 39.6 Å². The average molecular weight is 619 g/mol. The van der Waals surface area contributed by atoms with Gasteiger partial charge < -0.3 is 36.7 Å². The molecule has 0 spiro atoms. The minimum atomic E-state index is -2.61. The van der Waals surface area contributed by atoms with Crippen LogP contribution in [0.2, 0.25) is 0 Å². The molecule has 10 N–H and O–H groups in total. The summed E-state index contributed by atoms with van der Waals surface area (Å²) in [5, 5.41) is 19.1. The van der Waals surface area contributed by atoms with Crippen LogP contribution in [0.1, 0.15) is 143 Å². The fourth-order valence-electron chi connectivity index (χ4n) is 4.51. The molecule has 0 aromatic rings. The van der Waals surface area contributed by atoms with E-state index in [2.05, 4.69) is 6.92 Å². The van der Waals surface area contributed by atoms with Crippen LogP contribution in [-0.4, -0.2) is 74.9 Å². The molecule has 0 amide bonds. The highest BCUT2D eigenvalue weighted by atomic mass is 32.2. The SMILES string of the molecule is CCCCCCCCCCCCCCCCCCCCC(OCCOCCOCCO)C(C)(C)O.N.N.O=S(O)O. The molecule has 0 rings (SSSR count). The molecule has 0 aromatic carbocycles. The summed E-state index contributed by atoms with van der Waals surface area (Å²) in [6, 6.07) is 0. The molecule has 0 aromatic heterocycles. The van der Waals surface area contributed by atoms with Gasteiger partial charge in [0.05, 0.1) is 51.3 Å². The number of rotatable bonds is 29. The Morgan fingerprint density at radius 3 is 1.27 bits per heavy atom. The van der Waals surface area contributed by atoms with Gasteiger partial charge in [0.15, 0.2) is 0 Å². The van der Waals surface area contributed by atoms with Gasteiger partial charge in [-0.15, -0.1) is 0 Å². The number of aliphatic hydroxyl groups is 2. The molecular weight excluding hydrogens is 548 g/mol. The number of hydrogen-bond acceptors (Lipinski definition) is 8. The Morgan fingerprint density at radius 1 is 0.610 bits per heavy atom. The second-order valence-electron chi connectivity index (χ2n) is 11.0. The van der Waals surface area contributed by atoms with Gasteiger partial charge >= 0.3 is 0 Å². The van der Waals surface area contributed by atoms with Gasteiger partial charge in [0.2, 0.25) is 0 Å². The van der Waals surface area contributed by atoms with E-state index in [1.165, 1.54) is 109 Å². The standard InChI is InChI=1S/C30H62O5.2H3N.H2O3S/c1-4-5-6-7-8-9-10-11-12-13-14-15-16-17-18-19-20-21-22-29(30(2,3)32)35-28-27-34-26-25-33-24-23-31;;;1-4(2)3/h29,31-32H,4-28H2,1-3H3;2*1H3;(H2,1,2,3). The van der Waals surface area contributed by atoms with Crippen LogP contribution >= 0.6 is 0 Å². The summed E-state index contributed by atoms with van der Waals surface area (Å²) in [5.41, 5.74) is -0.834. The highest BCUT2D eigenvalue weighted by molar-refractivity contribution is 7.73. The van der Waals surface area contributed by atoms with Crippen LogP contribution in [0.25, 0.3) is 0 Å². The lowest BCUT2D eigenvalue weighted by atomic mass is 9.95. The largest absolute Gasteiger partial charge is 0.394 e. The zero-order valence-electron chi connectivity index (χ0n) is 27.0. The van der Waals surface area contributed by atoms with Crippen molar-refractivity contribution in [3.05, 3.63) is 0 Å². The van der Waals surface area contributed by atoms with Crippen molar-refractivity contribution in [3.63, 3.8) is 0 Å². The molecule has 11 heteroatoms. The molecule has 0 aliphatic heterocycles. The molecule has 254 valence electrons. The lowest BCUT2D eigenvalue weighted by Crippen LogP contribution is -2.39. The molecule has 0 saturated heterocycles. The smallest absolute Gasteiger partial charge is 0.299 e. The zero-order chi connectivity index (χ0) is 29.5. The summed E-state index contributed by atoms with van der Waals surface area (Å²) in [6.45, 7) is 8.28. The van der Waals surface area contributed by atoms with Crippen LogP contribution < -0.4 is 12.3 Å². The van der Waals surface area contributed by atoms with Gasteiger partial charge in [-0.05, 0) is 20.3 Å². The van der Waals surface area contributed by atoms with Gasteiger partial charge in [-0.3, -0.25) is 9.11 Å². The van der Waals surface area contributed by atoms with Gasteiger partial charge in [0.25, 0.3) is 11.4 Å². The Kier molecular flexibility index (Phi) is 44.0. The Hall–Kier alpha value is -0.210. The Morgan fingerprint density at radius 2 is 0.927 bits per heavy atom. The summed E-state index contributed by atoms with van der Waals surface area (Å²) in [7, 11) is 0. The van der Waals surface area contributed by atoms with Crippen molar-refractivity contribution in [1.82, 2.24) is 12.3 Å². The van der Waals surface area contributed by atoms with E-state index in [1.807, 2.05) is 13.8 Å². The summed E-state index contributed by atoms with van der Waals surface area (Å²) in [4.78, 5) is 0. The molecule has 0 aliphatic rings. The maximum Gasteiger partial charge on any atom is 0.299 e. The van der Waals surface area contributed by atoms with Gasteiger partial charge in [-0.25, -0.2) is 0 Å². The van der Waals surface area contributed by atoms with Gasteiger partial charge in [-0.1, -0.05) is 122 Å². The second-order valence-corrected chi connectivity index (χ2v) is 11.5. The first-order valence-corrected chi connectivity index (χ1v) is 16.7. The molecule has 1 unspecified atom stereocenters. The molecule has 0 saturated carbocycles. The molecule has 0 aliphatic carbocycles. The van der Waals surface area contributed by atoms with E-state index < -0.39 is 17.0 Å². The first-order chi connectivity index (χ1) is 18.8. The van der Waals surface area contributed by atoms with E-state index >= 15 is 0 Å². The van der Waals surface area contributed by atoms with Gasteiger partial charge in [0, 0.05) is 0 Å². The summed E-state index contributed by atoms with van der Waals surface area (Å²) in [6.07, 6.45) is 25.5. The maximum absolute atomic E-state index is 10.4. The Bertz CT molecular complexity index is 496. The van der Waals surface area contributed by atoms with Crippen molar-refractivity contribution in [3.8, 4) is 0 Å². The van der Waals surface area contributed by atoms with Crippen LogP contribution in [0, 0.1) is 0 Å². The first-order valence-electron chi connectivity index (χ1n) is 15.7. The first kappa shape index (κ1) is 47.7. The maximum atomic E-state index is 10.4. The van der Waals surface area contributed by atoms with E-state index in [9.17, 15) is 5.11 Å². The average Bonchev–Trinajstić information content (AvgIpc) is 2.87. The minimum absolute atomic E-state index is 0. The topological polar surface area (TPSA) is 196 Å². The normalized spacial score (nSPS) is 11.9. The monoisotopic (exact) mass is 618 g/mol. The number of unbranched alkanes of at least 4 members (excludes halogenated alkanes) is 17. The highest BCUT2D eigenvalue weighted by Gasteiger charge is 2.26. The molecule has 0 fully saturated rings. The van der Waals surface area contributed by atoms with Crippen molar-refractivity contribution in [2.45, 2.75) is 154 Å². The molecule has 0 bridgehead atoms. The lowest BCUT2D eigenvalue weighted by molar-refractivity contribution is -0.104. The third-order valence-electron chi connectivity index (χ3n) is 6.76. The summed E-state index contributed by atoms with van der Waals surface area (Å²) < 4.78 is 39.4. The second kappa shape index (κ2) is 37.8. The van der Waals surface area contributed by atoms with Crippen molar-refractivity contribution in [1.29, 1.82) is 0 Å².